The Bertz CT molecular complexity index is 991. The number of nitrogens with zero attached hydrogens (tertiary/aromatic N) is 3. The van der Waals surface area contributed by atoms with Gasteiger partial charge >= 0.3 is 0 Å². The Labute approximate surface area is 150 Å². The minimum Gasteiger partial charge on any atom is -0.357 e. The van der Waals surface area contributed by atoms with E-state index in [2.05, 4.69) is 105 Å². The van der Waals surface area contributed by atoms with Crippen molar-refractivity contribution in [3.63, 3.8) is 0 Å². The number of hydrogen-bond acceptors (Lipinski definition) is 2. The third kappa shape index (κ3) is 2.18. The molecule has 1 aliphatic rings. The summed E-state index contributed by atoms with van der Waals surface area (Å²) < 4.78 is 2.46. The molecule has 2 aromatic carbocycles. The zero-order valence-electron chi connectivity index (χ0n) is 16.0. The van der Waals surface area contributed by atoms with E-state index >= 15 is 0 Å². The molecule has 0 saturated heterocycles. The molecule has 4 rings (SSSR count). The van der Waals surface area contributed by atoms with Crippen LogP contribution in [0.3, 0.4) is 0 Å². The minimum atomic E-state index is -0.0607. The van der Waals surface area contributed by atoms with E-state index in [-0.39, 0.29) is 5.66 Å². The molecule has 2 heterocycles. The van der Waals surface area contributed by atoms with Crippen LogP contribution in [0.5, 0.6) is 0 Å². The van der Waals surface area contributed by atoms with Crippen molar-refractivity contribution in [1.82, 2.24) is 9.47 Å². The second-order valence-electron chi connectivity index (χ2n) is 7.91. The molecule has 1 aliphatic heterocycles. The van der Waals surface area contributed by atoms with E-state index in [1.165, 1.54) is 33.1 Å². The highest BCUT2D eigenvalue weighted by Gasteiger charge is 2.34. The summed E-state index contributed by atoms with van der Waals surface area (Å²) in [7, 11) is 2.13. The summed E-state index contributed by atoms with van der Waals surface area (Å²) in [5.41, 5.74) is 5.17. The van der Waals surface area contributed by atoms with Gasteiger partial charge in [-0.25, -0.2) is 0 Å². The van der Waals surface area contributed by atoms with E-state index in [1.807, 2.05) is 0 Å². The number of hydrogen-bond donors (Lipinski definition) is 0. The third-order valence-electron chi connectivity index (χ3n) is 5.70. The van der Waals surface area contributed by atoms with Gasteiger partial charge in [0, 0.05) is 53.0 Å². The second-order valence-corrected chi connectivity index (χ2v) is 7.91. The molecule has 3 aromatic rings. The highest BCUT2D eigenvalue weighted by Crippen LogP contribution is 2.39. The largest absolute Gasteiger partial charge is 0.357 e. The molecule has 0 spiro atoms. The molecule has 1 aromatic heterocycles. The maximum absolute atomic E-state index is 2.46. The van der Waals surface area contributed by atoms with Gasteiger partial charge in [0.05, 0.1) is 0 Å². The summed E-state index contributed by atoms with van der Waals surface area (Å²) in [6.07, 6.45) is 4.34. The standard InChI is InChI=1S/C22H27N3/c1-15(2)25-19-10-8-7-9-17(19)18-14-20(16(3)13-21(18)25)24-12-11-23(6)22(24,4)5/h7-15H,1-6H3. The quantitative estimate of drug-likeness (QED) is 0.601. The van der Waals surface area contributed by atoms with Gasteiger partial charge in [-0.3, -0.25) is 0 Å². The Morgan fingerprint density at radius 3 is 2.28 bits per heavy atom. The van der Waals surface area contributed by atoms with Crippen molar-refractivity contribution in [1.29, 1.82) is 0 Å². The maximum atomic E-state index is 2.46. The predicted molar refractivity (Wildman–Crippen MR) is 108 cm³/mol. The molecule has 25 heavy (non-hydrogen) atoms. The summed E-state index contributed by atoms with van der Waals surface area (Å²) in [5, 5.41) is 2.67. The van der Waals surface area contributed by atoms with Crippen LogP contribution in [0.25, 0.3) is 21.8 Å². The molecule has 0 amide bonds. The van der Waals surface area contributed by atoms with Crippen molar-refractivity contribution >= 4 is 27.5 Å². The Morgan fingerprint density at radius 2 is 1.64 bits per heavy atom. The SMILES string of the molecule is Cc1cc2c(cc1N1C=CN(C)C1(C)C)c1ccccc1n2C(C)C. The molecular formula is C22H27N3. The van der Waals surface area contributed by atoms with E-state index < -0.39 is 0 Å². The first-order valence-corrected chi connectivity index (χ1v) is 9.06. The molecule has 3 nitrogen and oxygen atoms in total. The number of fused-ring (bicyclic) bond motifs is 3. The highest BCUT2D eigenvalue weighted by molar-refractivity contribution is 6.09. The monoisotopic (exact) mass is 333 g/mol. The first kappa shape index (κ1) is 16.1. The maximum Gasteiger partial charge on any atom is 0.110 e. The fourth-order valence-corrected chi connectivity index (χ4v) is 4.03. The van der Waals surface area contributed by atoms with Gasteiger partial charge in [-0.2, -0.15) is 0 Å². The van der Waals surface area contributed by atoms with Gasteiger partial charge in [0.15, 0.2) is 0 Å². The van der Waals surface area contributed by atoms with E-state index in [9.17, 15) is 0 Å². The molecule has 0 bridgehead atoms. The van der Waals surface area contributed by atoms with Crippen molar-refractivity contribution in [2.24, 2.45) is 0 Å². The van der Waals surface area contributed by atoms with Gasteiger partial charge in [0.2, 0.25) is 0 Å². The average molecular weight is 333 g/mol. The second kappa shape index (κ2) is 5.29. The lowest BCUT2D eigenvalue weighted by Crippen LogP contribution is -2.46. The summed E-state index contributed by atoms with van der Waals surface area (Å²) in [6, 6.07) is 13.9. The Balaban J connectivity index is 2.03. The van der Waals surface area contributed by atoms with Crippen molar-refractivity contribution < 1.29 is 0 Å². The van der Waals surface area contributed by atoms with Crippen LogP contribution in [-0.4, -0.2) is 22.2 Å². The average Bonchev–Trinajstić information content (AvgIpc) is 3.01. The molecule has 0 fully saturated rings. The zero-order chi connectivity index (χ0) is 17.9. The molecule has 0 unspecified atom stereocenters. The number of aryl methyl sites for hydroxylation is 1. The smallest absolute Gasteiger partial charge is 0.110 e. The van der Waals surface area contributed by atoms with Crippen LogP contribution in [0.4, 0.5) is 5.69 Å². The van der Waals surface area contributed by atoms with Crippen LogP contribution in [-0.2, 0) is 0 Å². The molecule has 130 valence electrons. The minimum absolute atomic E-state index is 0.0607. The van der Waals surface area contributed by atoms with E-state index in [4.69, 9.17) is 0 Å². The summed E-state index contributed by atoms with van der Waals surface area (Å²) >= 11 is 0. The van der Waals surface area contributed by atoms with Gasteiger partial charge in [-0.05, 0) is 58.4 Å². The highest BCUT2D eigenvalue weighted by atomic mass is 15.4. The van der Waals surface area contributed by atoms with Crippen molar-refractivity contribution in [3.8, 4) is 0 Å². The lowest BCUT2D eigenvalue weighted by molar-refractivity contribution is 0.253. The number of rotatable bonds is 2. The van der Waals surface area contributed by atoms with E-state index in [0.717, 1.165) is 0 Å². The van der Waals surface area contributed by atoms with Gasteiger partial charge in [0.25, 0.3) is 0 Å². The number of para-hydroxylation sites is 1. The summed E-state index contributed by atoms with van der Waals surface area (Å²) in [4.78, 5) is 4.64. The fourth-order valence-electron chi connectivity index (χ4n) is 4.03. The molecular weight excluding hydrogens is 306 g/mol. The summed E-state index contributed by atoms with van der Waals surface area (Å²) in [6.45, 7) is 11.3. The number of benzene rings is 2. The Kier molecular flexibility index (Phi) is 3.40. The molecule has 0 N–H and O–H groups in total. The molecule has 0 atom stereocenters. The molecule has 0 aliphatic carbocycles. The van der Waals surface area contributed by atoms with Gasteiger partial charge in [0.1, 0.15) is 5.66 Å². The van der Waals surface area contributed by atoms with Gasteiger partial charge in [-0.15, -0.1) is 0 Å². The van der Waals surface area contributed by atoms with Crippen LogP contribution in [0.2, 0.25) is 0 Å². The van der Waals surface area contributed by atoms with Crippen molar-refractivity contribution in [2.75, 3.05) is 11.9 Å². The van der Waals surface area contributed by atoms with Gasteiger partial charge < -0.3 is 14.4 Å². The fraction of sp³-hybridized carbons (Fsp3) is 0.364. The van der Waals surface area contributed by atoms with Crippen LogP contribution < -0.4 is 4.90 Å². The molecule has 0 saturated carbocycles. The third-order valence-corrected chi connectivity index (χ3v) is 5.70. The lowest BCUT2D eigenvalue weighted by Gasteiger charge is -2.39. The predicted octanol–water partition coefficient (Wildman–Crippen LogP) is 5.64. The lowest BCUT2D eigenvalue weighted by atomic mass is 10.1. The normalized spacial score (nSPS) is 16.8. The van der Waals surface area contributed by atoms with Crippen LogP contribution in [0, 0.1) is 6.92 Å². The first-order valence-electron chi connectivity index (χ1n) is 9.06. The van der Waals surface area contributed by atoms with Crippen molar-refractivity contribution in [3.05, 3.63) is 54.4 Å². The van der Waals surface area contributed by atoms with Gasteiger partial charge in [-0.1, -0.05) is 18.2 Å². The van der Waals surface area contributed by atoms with Crippen LogP contribution >= 0.6 is 0 Å². The Hall–Kier alpha value is -2.42. The van der Waals surface area contributed by atoms with Crippen LogP contribution in [0.1, 0.15) is 39.3 Å². The zero-order valence-corrected chi connectivity index (χ0v) is 16.0. The number of aromatic nitrogens is 1. The van der Waals surface area contributed by atoms with E-state index in [0.29, 0.717) is 6.04 Å². The van der Waals surface area contributed by atoms with Crippen LogP contribution in [0.15, 0.2) is 48.8 Å². The van der Waals surface area contributed by atoms with E-state index in [1.54, 1.807) is 0 Å². The Morgan fingerprint density at radius 1 is 0.920 bits per heavy atom. The number of anilines is 1. The van der Waals surface area contributed by atoms with Crippen molar-refractivity contribution in [2.45, 2.75) is 46.3 Å². The topological polar surface area (TPSA) is 11.4 Å². The molecule has 0 radical (unpaired) electrons. The first-order chi connectivity index (χ1) is 11.8. The molecule has 3 heteroatoms. The summed E-state index contributed by atoms with van der Waals surface area (Å²) in [5.74, 6) is 0.